The first-order valence-corrected chi connectivity index (χ1v) is 7.56. The molecule has 0 fully saturated rings. The molecule has 0 bridgehead atoms. The van der Waals surface area contributed by atoms with Crippen molar-refractivity contribution in [1.82, 2.24) is 9.69 Å². The van der Waals surface area contributed by atoms with E-state index in [1.807, 2.05) is 13.8 Å². The molecule has 6 nitrogen and oxygen atoms in total. The van der Waals surface area contributed by atoms with Gasteiger partial charge in [-0.15, -0.1) is 0 Å². The largest absolute Gasteiger partial charge is 0.382 e. The fourth-order valence-electron chi connectivity index (χ4n) is 1.53. The van der Waals surface area contributed by atoms with Gasteiger partial charge in [0.1, 0.15) is 10.6 Å². The predicted octanol–water partition coefficient (Wildman–Crippen LogP) is 1.95. The lowest BCUT2D eigenvalue weighted by Crippen LogP contribution is -2.31. The summed E-state index contributed by atoms with van der Waals surface area (Å²) in [6.45, 7) is 9.95. The minimum absolute atomic E-state index is 0.0593. The Kier molecular flexibility index (Phi) is 6.74. The van der Waals surface area contributed by atoms with E-state index < -0.39 is 0 Å². The normalized spacial score (nSPS) is 11.1. The molecule has 114 valence electrons. The molecule has 7 heteroatoms. The van der Waals surface area contributed by atoms with Gasteiger partial charge < -0.3 is 21.1 Å². The monoisotopic (exact) mass is 300 g/mol. The zero-order valence-corrected chi connectivity index (χ0v) is 13.3. The van der Waals surface area contributed by atoms with Crippen molar-refractivity contribution in [2.45, 2.75) is 33.7 Å². The Bertz CT molecular complexity index is 432. The molecule has 0 aliphatic heterocycles. The number of anilines is 2. The Morgan fingerprint density at radius 2 is 2.10 bits per heavy atom. The van der Waals surface area contributed by atoms with E-state index in [1.165, 1.54) is 11.5 Å². The third kappa shape index (κ3) is 5.34. The van der Waals surface area contributed by atoms with E-state index in [1.54, 1.807) is 0 Å². The first-order chi connectivity index (χ1) is 9.41. The SMILES string of the molecule is CC(C)COCCNc1snc(N)c1C(=O)NC(C)C. The van der Waals surface area contributed by atoms with Crippen LogP contribution in [0.4, 0.5) is 10.8 Å². The number of nitrogen functional groups attached to an aromatic ring is 1. The summed E-state index contributed by atoms with van der Waals surface area (Å²) in [4.78, 5) is 12.0. The second-order valence-electron chi connectivity index (χ2n) is 5.30. The second-order valence-corrected chi connectivity index (χ2v) is 6.07. The van der Waals surface area contributed by atoms with Crippen molar-refractivity contribution in [3.63, 3.8) is 0 Å². The number of carbonyl (C=O) groups is 1. The van der Waals surface area contributed by atoms with Crippen molar-refractivity contribution < 1.29 is 9.53 Å². The van der Waals surface area contributed by atoms with Gasteiger partial charge in [-0.25, -0.2) is 0 Å². The molecule has 0 saturated carbocycles. The standard InChI is InChI=1S/C13H24N4O2S/c1-8(2)7-19-6-5-15-13-10(11(14)17-20-13)12(18)16-9(3)4/h8-9,15H,5-7H2,1-4H3,(H2,14,17)(H,16,18). The van der Waals surface area contributed by atoms with Crippen molar-refractivity contribution in [3.8, 4) is 0 Å². The summed E-state index contributed by atoms with van der Waals surface area (Å²) in [5, 5.41) is 6.66. The number of amides is 1. The molecule has 1 heterocycles. The van der Waals surface area contributed by atoms with E-state index >= 15 is 0 Å². The zero-order valence-electron chi connectivity index (χ0n) is 12.5. The van der Waals surface area contributed by atoms with Crippen molar-refractivity contribution in [2.24, 2.45) is 5.92 Å². The Hall–Kier alpha value is -1.34. The minimum atomic E-state index is -0.197. The van der Waals surface area contributed by atoms with Gasteiger partial charge in [0.2, 0.25) is 0 Å². The maximum atomic E-state index is 12.0. The molecule has 4 N–H and O–H groups in total. The summed E-state index contributed by atoms with van der Waals surface area (Å²) in [6, 6.07) is 0.0593. The highest BCUT2D eigenvalue weighted by Gasteiger charge is 2.19. The first kappa shape index (κ1) is 16.7. The second kappa shape index (κ2) is 8.06. The molecule has 0 atom stereocenters. The van der Waals surface area contributed by atoms with Gasteiger partial charge >= 0.3 is 0 Å². The molecular formula is C13H24N4O2S. The average molecular weight is 300 g/mol. The fourth-order valence-corrected chi connectivity index (χ4v) is 2.27. The number of hydrogen-bond donors (Lipinski definition) is 3. The fraction of sp³-hybridized carbons (Fsp3) is 0.692. The van der Waals surface area contributed by atoms with Crippen molar-refractivity contribution in [3.05, 3.63) is 5.56 Å². The van der Waals surface area contributed by atoms with Crippen LogP contribution < -0.4 is 16.4 Å². The number of nitrogens with zero attached hydrogens (tertiary/aromatic N) is 1. The molecule has 1 aromatic rings. The lowest BCUT2D eigenvalue weighted by molar-refractivity contribution is 0.0944. The van der Waals surface area contributed by atoms with E-state index in [0.717, 1.165) is 6.61 Å². The number of aromatic nitrogens is 1. The lowest BCUT2D eigenvalue weighted by atomic mass is 10.2. The molecule has 0 unspecified atom stereocenters. The Balaban J connectivity index is 2.52. The molecule has 1 rings (SSSR count). The highest BCUT2D eigenvalue weighted by molar-refractivity contribution is 7.11. The van der Waals surface area contributed by atoms with E-state index in [2.05, 4.69) is 28.9 Å². The third-order valence-corrected chi connectivity index (χ3v) is 3.17. The summed E-state index contributed by atoms with van der Waals surface area (Å²) in [5.74, 6) is 0.581. The maximum absolute atomic E-state index is 12.0. The van der Waals surface area contributed by atoms with Gasteiger partial charge in [-0.2, -0.15) is 4.37 Å². The van der Waals surface area contributed by atoms with Crippen LogP contribution in [0.1, 0.15) is 38.1 Å². The molecule has 0 aliphatic rings. The predicted molar refractivity (Wildman–Crippen MR) is 83.3 cm³/mol. The van der Waals surface area contributed by atoms with Gasteiger partial charge in [0.25, 0.3) is 5.91 Å². The Morgan fingerprint density at radius 3 is 2.70 bits per heavy atom. The Morgan fingerprint density at radius 1 is 1.40 bits per heavy atom. The Labute approximate surface area is 124 Å². The molecule has 0 spiro atoms. The first-order valence-electron chi connectivity index (χ1n) is 6.79. The summed E-state index contributed by atoms with van der Waals surface area (Å²) in [6.07, 6.45) is 0. The van der Waals surface area contributed by atoms with Crippen LogP contribution in [-0.4, -0.2) is 36.1 Å². The van der Waals surface area contributed by atoms with Crippen LogP contribution in [0, 0.1) is 5.92 Å². The van der Waals surface area contributed by atoms with Crippen LogP contribution in [0.25, 0.3) is 0 Å². The van der Waals surface area contributed by atoms with Crippen LogP contribution in [0.2, 0.25) is 0 Å². The number of ether oxygens (including phenoxy) is 1. The number of carbonyl (C=O) groups excluding carboxylic acids is 1. The van der Waals surface area contributed by atoms with Crippen molar-refractivity contribution in [2.75, 3.05) is 30.8 Å². The summed E-state index contributed by atoms with van der Waals surface area (Å²) < 4.78 is 9.51. The third-order valence-electron chi connectivity index (χ3n) is 2.35. The number of rotatable bonds is 8. The number of hydrogen-bond acceptors (Lipinski definition) is 6. The number of nitrogens with two attached hydrogens (primary N) is 1. The van der Waals surface area contributed by atoms with Crippen LogP contribution in [0.15, 0.2) is 0 Å². The molecule has 20 heavy (non-hydrogen) atoms. The maximum Gasteiger partial charge on any atom is 0.258 e. The van der Waals surface area contributed by atoms with Crippen LogP contribution >= 0.6 is 11.5 Å². The molecule has 1 aromatic heterocycles. The number of nitrogens with one attached hydrogen (secondary N) is 2. The van der Waals surface area contributed by atoms with Gasteiger partial charge in [0.05, 0.1) is 6.61 Å². The molecule has 0 radical (unpaired) electrons. The smallest absolute Gasteiger partial charge is 0.258 e. The van der Waals surface area contributed by atoms with E-state index in [-0.39, 0.29) is 17.8 Å². The van der Waals surface area contributed by atoms with Crippen LogP contribution in [0.5, 0.6) is 0 Å². The molecule has 1 amide bonds. The highest BCUT2D eigenvalue weighted by atomic mass is 32.1. The highest BCUT2D eigenvalue weighted by Crippen LogP contribution is 2.26. The van der Waals surface area contributed by atoms with E-state index in [4.69, 9.17) is 10.5 Å². The van der Waals surface area contributed by atoms with Crippen LogP contribution in [-0.2, 0) is 4.74 Å². The van der Waals surface area contributed by atoms with Crippen molar-refractivity contribution >= 4 is 28.3 Å². The van der Waals surface area contributed by atoms with Crippen molar-refractivity contribution in [1.29, 1.82) is 0 Å². The summed E-state index contributed by atoms with van der Waals surface area (Å²) >= 11 is 1.19. The van der Waals surface area contributed by atoms with Gasteiger partial charge in [-0.3, -0.25) is 4.79 Å². The molecular weight excluding hydrogens is 276 g/mol. The van der Waals surface area contributed by atoms with Gasteiger partial charge in [0, 0.05) is 19.2 Å². The topological polar surface area (TPSA) is 89.3 Å². The minimum Gasteiger partial charge on any atom is -0.382 e. The molecule has 0 saturated heterocycles. The van der Waals surface area contributed by atoms with Gasteiger partial charge in [0.15, 0.2) is 5.82 Å². The van der Waals surface area contributed by atoms with Gasteiger partial charge in [-0.05, 0) is 31.3 Å². The summed E-state index contributed by atoms with van der Waals surface area (Å²) in [7, 11) is 0. The molecule has 0 aliphatic carbocycles. The van der Waals surface area contributed by atoms with E-state index in [0.29, 0.717) is 29.6 Å². The van der Waals surface area contributed by atoms with E-state index in [9.17, 15) is 4.79 Å². The zero-order chi connectivity index (χ0) is 15.1. The van der Waals surface area contributed by atoms with Crippen LogP contribution in [0.3, 0.4) is 0 Å². The average Bonchev–Trinajstić information content (AvgIpc) is 2.69. The molecule has 0 aromatic carbocycles. The lowest BCUT2D eigenvalue weighted by Gasteiger charge is -2.11. The summed E-state index contributed by atoms with van der Waals surface area (Å²) in [5.41, 5.74) is 6.18. The van der Waals surface area contributed by atoms with Gasteiger partial charge in [-0.1, -0.05) is 13.8 Å². The quantitative estimate of drug-likeness (QED) is 0.639.